The Morgan fingerprint density at radius 3 is 2.55 bits per heavy atom. The summed E-state index contributed by atoms with van der Waals surface area (Å²) < 4.78 is 17.4. The zero-order valence-electron chi connectivity index (χ0n) is 12.4. The Hall–Kier alpha value is -1.07. The summed E-state index contributed by atoms with van der Waals surface area (Å²) in [6, 6.07) is 3.39. The van der Waals surface area contributed by atoms with Crippen molar-refractivity contribution in [2.75, 3.05) is 20.3 Å². The zero-order chi connectivity index (χ0) is 15.2. The molecule has 0 atom stereocenters. The normalized spacial score (nSPS) is 11.2. The van der Waals surface area contributed by atoms with Crippen LogP contribution in [-0.4, -0.2) is 32.2 Å². The molecule has 1 aromatic carbocycles. The molecule has 0 aliphatic rings. The molecule has 1 aromatic rings. The van der Waals surface area contributed by atoms with Gasteiger partial charge in [0.1, 0.15) is 6.29 Å². The van der Waals surface area contributed by atoms with Crippen LogP contribution in [0, 0.1) is 0 Å². The molecule has 20 heavy (non-hydrogen) atoms. The van der Waals surface area contributed by atoms with E-state index >= 15 is 0 Å². The van der Waals surface area contributed by atoms with Crippen molar-refractivity contribution < 1.29 is 19.0 Å². The molecule has 0 amide bonds. The van der Waals surface area contributed by atoms with Gasteiger partial charge in [0.2, 0.25) is 0 Å². The summed E-state index contributed by atoms with van der Waals surface area (Å²) in [5, 5.41) is 0. The molecule has 112 valence electrons. The SMILES string of the molecule is CCOc1cc(C=O)cc(Br)c1OCCC(C)(C)OC. The number of ether oxygens (including phenoxy) is 3. The van der Waals surface area contributed by atoms with Crippen LogP contribution in [0.25, 0.3) is 0 Å². The number of hydrogen-bond donors (Lipinski definition) is 0. The third-order valence-corrected chi connectivity index (χ3v) is 3.56. The fraction of sp³-hybridized carbons (Fsp3) is 0.533. The van der Waals surface area contributed by atoms with Gasteiger partial charge in [-0.05, 0) is 48.8 Å². The monoisotopic (exact) mass is 344 g/mol. The van der Waals surface area contributed by atoms with E-state index in [-0.39, 0.29) is 5.60 Å². The highest BCUT2D eigenvalue weighted by molar-refractivity contribution is 9.10. The number of benzene rings is 1. The molecule has 0 bridgehead atoms. The lowest BCUT2D eigenvalue weighted by atomic mass is 10.1. The molecule has 0 heterocycles. The molecular formula is C15H21BrO4. The van der Waals surface area contributed by atoms with E-state index < -0.39 is 0 Å². The zero-order valence-corrected chi connectivity index (χ0v) is 14.0. The maximum Gasteiger partial charge on any atom is 0.175 e. The molecule has 0 saturated carbocycles. The van der Waals surface area contributed by atoms with Gasteiger partial charge in [0.05, 0.1) is 23.3 Å². The van der Waals surface area contributed by atoms with E-state index in [0.717, 1.165) is 12.7 Å². The van der Waals surface area contributed by atoms with Gasteiger partial charge in [-0.3, -0.25) is 4.79 Å². The lowest BCUT2D eigenvalue weighted by molar-refractivity contribution is 0.00514. The topological polar surface area (TPSA) is 44.8 Å². The number of methoxy groups -OCH3 is 1. The minimum Gasteiger partial charge on any atom is -0.490 e. The molecule has 0 aromatic heterocycles. The maximum absolute atomic E-state index is 10.9. The van der Waals surface area contributed by atoms with Gasteiger partial charge >= 0.3 is 0 Å². The first kappa shape index (κ1) is 17.0. The number of aldehydes is 1. The predicted molar refractivity (Wildman–Crippen MR) is 81.9 cm³/mol. The maximum atomic E-state index is 10.9. The van der Waals surface area contributed by atoms with E-state index in [1.165, 1.54) is 0 Å². The van der Waals surface area contributed by atoms with Crippen LogP contribution < -0.4 is 9.47 Å². The van der Waals surface area contributed by atoms with Crippen LogP contribution in [-0.2, 0) is 4.74 Å². The Morgan fingerprint density at radius 1 is 1.30 bits per heavy atom. The summed E-state index contributed by atoms with van der Waals surface area (Å²) in [4.78, 5) is 10.9. The molecule has 0 N–H and O–H groups in total. The summed E-state index contributed by atoms with van der Waals surface area (Å²) in [5.41, 5.74) is 0.311. The summed E-state index contributed by atoms with van der Waals surface area (Å²) >= 11 is 3.41. The largest absolute Gasteiger partial charge is 0.490 e. The van der Waals surface area contributed by atoms with Crippen LogP contribution in [0.15, 0.2) is 16.6 Å². The van der Waals surface area contributed by atoms with Crippen LogP contribution in [0.2, 0.25) is 0 Å². The van der Waals surface area contributed by atoms with E-state index in [9.17, 15) is 4.79 Å². The molecule has 0 saturated heterocycles. The van der Waals surface area contributed by atoms with Crippen LogP contribution >= 0.6 is 15.9 Å². The van der Waals surface area contributed by atoms with Crippen LogP contribution in [0.3, 0.4) is 0 Å². The second-order valence-electron chi connectivity index (χ2n) is 4.94. The first-order chi connectivity index (χ1) is 9.43. The van der Waals surface area contributed by atoms with Crippen molar-refractivity contribution in [2.45, 2.75) is 32.8 Å². The van der Waals surface area contributed by atoms with Gasteiger partial charge in [0.15, 0.2) is 11.5 Å². The molecular weight excluding hydrogens is 324 g/mol. The number of carbonyl (C=O) groups excluding carboxylic acids is 1. The average molecular weight is 345 g/mol. The molecule has 0 aliphatic heterocycles. The van der Waals surface area contributed by atoms with Gasteiger partial charge in [-0.15, -0.1) is 0 Å². The fourth-order valence-electron chi connectivity index (χ4n) is 1.56. The Morgan fingerprint density at radius 2 is 2.00 bits per heavy atom. The van der Waals surface area contributed by atoms with Gasteiger partial charge in [0.25, 0.3) is 0 Å². The lowest BCUT2D eigenvalue weighted by Crippen LogP contribution is -2.25. The standard InChI is InChI=1S/C15H21BrO4/c1-5-19-13-9-11(10-17)8-12(16)14(13)20-7-6-15(2,3)18-4/h8-10H,5-7H2,1-4H3. The van der Waals surface area contributed by atoms with Crippen molar-refractivity contribution in [1.82, 2.24) is 0 Å². The quantitative estimate of drug-likeness (QED) is 0.672. The molecule has 0 aliphatic carbocycles. The highest BCUT2D eigenvalue weighted by atomic mass is 79.9. The second kappa shape index (κ2) is 7.64. The minimum absolute atomic E-state index is 0.235. The predicted octanol–water partition coefficient (Wildman–Crippen LogP) is 3.85. The third kappa shape index (κ3) is 4.80. The Kier molecular flexibility index (Phi) is 6.49. The molecule has 5 heteroatoms. The van der Waals surface area contributed by atoms with Crippen molar-refractivity contribution in [3.05, 3.63) is 22.2 Å². The molecule has 0 unspecified atom stereocenters. The Bertz CT molecular complexity index is 457. The highest BCUT2D eigenvalue weighted by Gasteiger charge is 2.18. The summed E-state index contributed by atoms with van der Waals surface area (Å²) in [5.74, 6) is 1.18. The Labute approximate surface area is 128 Å². The van der Waals surface area contributed by atoms with Gasteiger partial charge in [-0.1, -0.05) is 0 Å². The van der Waals surface area contributed by atoms with Crippen molar-refractivity contribution in [3.8, 4) is 11.5 Å². The smallest absolute Gasteiger partial charge is 0.175 e. The first-order valence-electron chi connectivity index (χ1n) is 6.53. The van der Waals surface area contributed by atoms with Gasteiger partial charge in [-0.25, -0.2) is 0 Å². The van der Waals surface area contributed by atoms with Crippen molar-refractivity contribution in [2.24, 2.45) is 0 Å². The van der Waals surface area contributed by atoms with E-state index in [2.05, 4.69) is 15.9 Å². The highest BCUT2D eigenvalue weighted by Crippen LogP contribution is 2.37. The van der Waals surface area contributed by atoms with E-state index in [4.69, 9.17) is 14.2 Å². The molecule has 1 rings (SSSR count). The number of hydrogen-bond acceptors (Lipinski definition) is 4. The van der Waals surface area contributed by atoms with Crippen LogP contribution in [0.1, 0.15) is 37.6 Å². The van der Waals surface area contributed by atoms with E-state index in [0.29, 0.717) is 34.7 Å². The number of rotatable bonds is 8. The van der Waals surface area contributed by atoms with Crippen molar-refractivity contribution in [1.29, 1.82) is 0 Å². The summed E-state index contributed by atoms with van der Waals surface area (Å²) in [6.45, 7) is 6.91. The lowest BCUT2D eigenvalue weighted by Gasteiger charge is -2.23. The van der Waals surface area contributed by atoms with E-state index in [1.54, 1.807) is 19.2 Å². The Balaban J connectivity index is 2.85. The molecule has 0 fully saturated rings. The number of carbonyl (C=O) groups is 1. The van der Waals surface area contributed by atoms with Gasteiger partial charge in [-0.2, -0.15) is 0 Å². The molecule has 0 radical (unpaired) electrons. The number of halogens is 1. The second-order valence-corrected chi connectivity index (χ2v) is 5.80. The molecule has 4 nitrogen and oxygen atoms in total. The minimum atomic E-state index is -0.235. The van der Waals surface area contributed by atoms with Crippen LogP contribution in [0.5, 0.6) is 11.5 Å². The summed E-state index contributed by atoms with van der Waals surface area (Å²) in [7, 11) is 1.68. The first-order valence-corrected chi connectivity index (χ1v) is 7.32. The van der Waals surface area contributed by atoms with E-state index in [1.807, 2.05) is 20.8 Å². The van der Waals surface area contributed by atoms with Gasteiger partial charge in [0, 0.05) is 19.1 Å². The molecule has 0 spiro atoms. The van der Waals surface area contributed by atoms with Crippen molar-refractivity contribution >= 4 is 22.2 Å². The van der Waals surface area contributed by atoms with Crippen LogP contribution in [0.4, 0.5) is 0 Å². The van der Waals surface area contributed by atoms with Gasteiger partial charge < -0.3 is 14.2 Å². The summed E-state index contributed by atoms with van der Waals surface area (Å²) in [6.07, 6.45) is 1.53. The fourth-order valence-corrected chi connectivity index (χ4v) is 2.13. The average Bonchev–Trinajstić information content (AvgIpc) is 2.41. The van der Waals surface area contributed by atoms with Crippen molar-refractivity contribution in [3.63, 3.8) is 0 Å². The third-order valence-electron chi connectivity index (χ3n) is 2.97.